The van der Waals surface area contributed by atoms with Gasteiger partial charge in [0, 0.05) is 42.4 Å². The van der Waals surface area contributed by atoms with Crippen molar-refractivity contribution < 1.29 is 9.72 Å². The maximum atomic E-state index is 10.7. The Labute approximate surface area is 103 Å². The summed E-state index contributed by atoms with van der Waals surface area (Å²) in [5, 5.41) is 18.6. The Morgan fingerprint density at radius 1 is 1.56 bits per heavy atom. The number of carbonyl (C=O) groups is 1. The summed E-state index contributed by atoms with van der Waals surface area (Å²) in [7, 11) is 0. The number of nitrogen functional groups attached to an aromatic ring is 1. The number of nitrogens with two attached hydrogens (primary N) is 1. The average molecular weight is 248 g/mol. The minimum Gasteiger partial charge on any atom is -0.398 e. The van der Waals surface area contributed by atoms with Crippen LogP contribution in [0.5, 0.6) is 0 Å². The van der Waals surface area contributed by atoms with Gasteiger partial charge in [-0.05, 0) is 6.07 Å². The summed E-state index contributed by atoms with van der Waals surface area (Å²) in [5.41, 5.74) is 6.26. The van der Waals surface area contributed by atoms with Gasteiger partial charge < -0.3 is 15.4 Å². The first kappa shape index (κ1) is 12.0. The normalized spacial score (nSPS) is 15.0. The molecule has 0 saturated carbocycles. The molecule has 1 fully saturated rings. The fraction of sp³-hybridized carbons (Fsp3) is 0.273. The van der Waals surface area contributed by atoms with Crippen LogP contribution in [-0.4, -0.2) is 35.0 Å². The van der Waals surface area contributed by atoms with Gasteiger partial charge in [0.05, 0.1) is 4.92 Å². The van der Waals surface area contributed by atoms with E-state index in [0.717, 1.165) is 6.29 Å². The Morgan fingerprint density at radius 2 is 2.22 bits per heavy atom. The summed E-state index contributed by atoms with van der Waals surface area (Å²) in [6.45, 7) is 0.926. The van der Waals surface area contributed by atoms with E-state index < -0.39 is 4.92 Å². The van der Waals surface area contributed by atoms with Crippen LogP contribution in [0, 0.1) is 21.4 Å². The highest BCUT2D eigenvalue weighted by Crippen LogP contribution is 2.24. The van der Waals surface area contributed by atoms with Gasteiger partial charge in [0.2, 0.25) is 0 Å². The zero-order chi connectivity index (χ0) is 13.3. The van der Waals surface area contributed by atoms with E-state index in [-0.39, 0.29) is 17.4 Å². The van der Waals surface area contributed by atoms with Crippen molar-refractivity contribution in [2.75, 3.05) is 18.8 Å². The molecule has 1 aliphatic rings. The second-order valence-electron chi connectivity index (χ2n) is 4.18. The number of hydrogen-bond acceptors (Lipinski definition) is 5. The van der Waals surface area contributed by atoms with Gasteiger partial charge in [-0.3, -0.25) is 15.5 Å². The molecular formula is C11H12N4O3. The monoisotopic (exact) mass is 248 g/mol. The summed E-state index contributed by atoms with van der Waals surface area (Å²) in [4.78, 5) is 22.3. The van der Waals surface area contributed by atoms with E-state index in [4.69, 9.17) is 11.1 Å². The van der Waals surface area contributed by atoms with Crippen molar-refractivity contribution in [2.24, 2.45) is 5.92 Å². The van der Waals surface area contributed by atoms with Crippen molar-refractivity contribution in [1.29, 1.82) is 5.41 Å². The van der Waals surface area contributed by atoms with Crippen LogP contribution in [0.1, 0.15) is 5.56 Å². The van der Waals surface area contributed by atoms with Crippen LogP contribution in [0.25, 0.3) is 0 Å². The number of nitrogens with one attached hydrogen (secondary N) is 1. The van der Waals surface area contributed by atoms with E-state index in [1.54, 1.807) is 4.90 Å². The summed E-state index contributed by atoms with van der Waals surface area (Å²) in [6, 6.07) is 4.00. The van der Waals surface area contributed by atoms with Gasteiger partial charge in [0.15, 0.2) is 0 Å². The number of carbonyl (C=O) groups excluding carboxylic acids is 1. The molecule has 0 aromatic heterocycles. The van der Waals surface area contributed by atoms with Crippen molar-refractivity contribution in [3.05, 3.63) is 33.9 Å². The van der Waals surface area contributed by atoms with Crippen LogP contribution < -0.4 is 5.73 Å². The molecular weight excluding hydrogens is 236 g/mol. The Hall–Kier alpha value is -2.44. The standard InChI is InChI=1S/C11H12N4O3/c12-10-2-1-8(15(17)18)3-9(10)11(13)14-4-7(5-14)6-16/h1-3,6-7,13H,4-5,12H2. The molecule has 94 valence electrons. The van der Waals surface area contributed by atoms with E-state index in [9.17, 15) is 14.9 Å². The number of non-ortho nitro benzene ring substituents is 1. The Morgan fingerprint density at radius 3 is 2.78 bits per heavy atom. The van der Waals surface area contributed by atoms with Crippen molar-refractivity contribution >= 4 is 23.5 Å². The van der Waals surface area contributed by atoms with E-state index >= 15 is 0 Å². The first-order valence-corrected chi connectivity index (χ1v) is 5.36. The van der Waals surface area contributed by atoms with Gasteiger partial charge in [-0.1, -0.05) is 0 Å². The fourth-order valence-corrected chi connectivity index (χ4v) is 1.81. The minimum atomic E-state index is -0.527. The summed E-state index contributed by atoms with van der Waals surface area (Å²) < 4.78 is 0. The topological polar surface area (TPSA) is 113 Å². The molecule has 3 N–H and O–H groups in total. The number of aldehydes is 1. The first-order chi connectivity index (χ1) is 8.52. The number of nitro benzene ring substituents is 1. The predicted molar refractivity (Wildman–Crippen MR) is 65.5 cm³/mol. The largest absolute Gasteiger partial charge is 0.398 e. The highest BCUT2D eigenvalue weighted by Gasteiger charge is 2.29. The van der Waals surface area contributed by atoms with Crippen LogP contribution in [0.3, 0.4) is 0 Å². The van der Waals surface area contributed by atoms with Gasteiger partial charge in [0.25, 0.3) is 5.69 Å². The number of nitrogens with zero attached hydrogens (tertiary/aromatic N) is 2. The van der Waals surface area contributed by atoms with Crippen molar-refractivity contribution in [1.82, 2.24) is 4.90 Å². The lowest BCUT2D eigenvalue weighted by Crippen LogP contribution is -2.50. The molecule has 0 unspecified atom stereocenters. The van der Waals surface area contributed by atoms with Crippen molar-refractivity contribution in [3.63, 3.8) is 0 Å². The molecule has 0 atom stereocenters. The van der Waals surface area contributed by atoms with E-state index in [2.05, 4.69) is 0 Å². The SMILES string of the molecule is N=C(c1cc([N+](=O)[O-])ccc1N)N1CC(C=O)C1. The van der Waals surface area contributed by atoms with Crippen LogP contribution >= 0.6 is 0 Å². The number of anilines is 1. The second-order valence-corrected chi connectivity index (χ2v) is 4.18. The van der Waals surface area contributed by atoms with Crippen LogP contribution in [0.4, 0.5) is 11.4 Å². The Bertz CT molecular complexity index is 523. The molecule has 18 heavy (non-hydrogen) atoms. The smallest absolute Gasteiger partial charge is 0.270 e. The predicted octanol–water partition coefficient (Wildman–Crippen LogP) is 0.633. The average Bonchev–Trinajstić information content (AvgIpc) is 2.27. The van der Waals surface area contributed by atoms with Gasteiger partial charge >= 0.3 is 0 Å². The molecule has 7 heteroatoms. The molecule has 7 nitrogen and oxygen atoms in total. The lowest BCUT2D eigenvalue weighted by Gasteiger charge is -2.38. The van der Waals surface area contributed by atoms with Gasteiger partial charge in [0.1, 0.15) is 12.1 Å². The van der Waals surface area contributed by atoms with Crippen molar-refractivity contribution in [2.45, 2.75) is 0 Å². The van der Waals surface area contributed by atoms with Crippen LogP contribution in [-0.2, 0) is 4.79 Å². The number of hydrogen-bond donors (Lipinski definition) is 2. The van der Waals surface area contributed by atoms with E-state index in [0.29, 0.717) is 24.3 Å². The molecule has 0 bridgehead atoms. The molecule has 0 aliphatic carbocycles. The zero-order valence-electron chi connectivity index (χ0n) is 9.50. The lowest BCUT2D eigenvalue weighted by molar-refractivity contribution is -0.384. The Kier molecular flexibility index (Phi) is 2.97. The highest BCUT2D eigenvalue weighted by atomic mass is 16.6. The molecule has 0 spiro atoms. The lowest BCUT2D eigenvalue weighted by atomic mass is 9.99. The summed E-state index contributed by atoms with van der Waals surface area (Å²) in [6.07, 6.45) is 0.848. The molecule has 1 aromatic carbocycles. The van der Waals surface area contributed by atoms with Crippen LogP contribution in [0.2, 0.25) is 0 Å². The maximum absolute atomic E-state index is 10.7. The third-order valence-corrected chi connectivity index (χ3v) is 2.92. The third-order valence-electron chi connectivity index (χ3n) is 2.92. The summed E-state index contributed by atoms with van der Waals surface area (Å²) in [5.74, 6) is 0.0552. The number of rotatable bonds is 3. The second kappa shape index (κ2) is 4.44. The first-order valence-electron chi connectivity index (χ1n) is 5.36. The highest BCUT2D eigenvalue weighted by molar-refractivity contribution is 6.02. The molecule has 2 rings (SSSR count). The number of benzene rings is 1. The molecule has 1 aliphatic heterocycles. The number of likely N-dealkylation sites (tertiary alicyclic amines) is 1. The molecule has 1 aromatic rings. The van der Waals surface area contributed by atoms with Gasteiger partial charge in [-0.25, -0.2) is 0 Å². The molecule has 1 saturated heterocycles. The Balaban J connectivity index is 2.22. The maximum Gasteiger partial charge on any atom is 0.270 e. The van der Waals surface area contributed by atoms with Crippen molar-refractivity contribution in [3.8, 4) is 0 Å². The van der Waals surface area contributed by atoms with Gasteiger partial charge in [-0.15, -0.1) is 0 Å². The van der Waals surface area contributed by atoms with E-state index in [1.807, 2.05) is 0 Å². The quantitative estimate of drug-likeness (QED) is 0.203. The minimum absolute atomic E-state index is 0.0646. The van der Waals surface area contributed by atoms with E-state index in [1.165, 1.54) is 18.2 Å². The fourth-order valence-electron chi connectivity index (χ4n) is 1.81. The number of nitro groups is 1. The van der Waals surface area contributed by atoms with Crippen LogP contribution in [0.15, 0.2) is 18.2 Å². The third kappa shape index (κ3) is 2.02. The van der Waals surface area contributed by atoms with Gasteiger partial charge in [-0.2, -0.15) is 0 Å². The summed E-state index contributed by atoms with van der Waals surface area (Å²) >= 11 is 0. The molecule has 1 heterocycles. The molecule has 0 radical (unpaired) electrons. The zero-order valence-corrected chi connectivity index (χ0v) is 9.50. The molecule has 0 amide bonds. The number of amidine groups is 1.